The second-order valence-corrected chi connectivity index (χ2v) is 11.5. The largest absolute Gasteiger partial charge is 0.436 e. The molecule has 0 unspecified atom stereocenters. The summed E-state index contributed by atoms with van der Waals surface area (Å²) in [6.07, 6.45) is 1.83. The Bertz CT molecular complexity index is 2510. The number of pyridine rings is 1. The van der Waals surface area contributed by atoms with Crippen LogP contribution in [0.15, 0.2) is 168 Å². The van der Waals surface area contributed by atoms with E-state index in [0.717, 1.165) is 55.8 Å². The summed E-state index contributed by atoms with van der Waals surface area (Å²) in [6, 6.07) is 54.9. The van der Waals surface area contributed by atoms with Crippen molar-refractivity contribution in [2.24, 2.45) is 0 Å². The minimum atomic E-state index is 0.601. The van der Waals surface area contributed by atoms with E-state index in [1.807, 2.05) is 42.6 Å². The molecule has 0 radical (unpaired) electrons. The molecule has 0 bridgehead atoms. The maximum absolute atomic E-state index is 6.43. The molecule has 3 heterocycles. The van der Waals surface area contributed by atoms with Gasteiger partial charge in [-0.25, -0.2) is 4.98 Å². The van der Waals surface area contributed by atoms with E-state index in [1.165, 1.54) is 21.9 Å². The molecule has 9 aromatic rings. The van der Waals surface area contributed by atoms with Gasteiger partial charge in [-0.15, -0.1) is 0 Å². The molecule has 216 valence electrons. The lowest BCUT2D eigenvalue weighted by Crippen LogP contribution is -1.95. The number of para-hydroxylation sites is 2. The zero-order valence-corrected chi connectivity index (χ0v) is 24.8. The second-order valence-electron chi connectivity index (χ2n) is 11.5. The van der Waals surface area contributed by atoms with Crippen molar-refractivity contribution in [1.29, 1.82) is 0 Å². The molecule has 0 aliphatic carbocycles. The third kappa shape index (κ3) is 4.39. The second kappa shape index (κ2) is 10.7. The van der Waals surface area contributed by atoms with Crippen molar-refractivity contribution < 1.29 is 4.42 Å². The molecule has 3 aromatic heterocycles. The summed E-state index contributed by atoms with van der Waals surface area (Å²) in [6.45, 7) is 0. The van der Waals surface area contributed by atoms with E-state index < -0.39 is 0 Å². The molecule has 0 fully saturated rings. The third-order valence-electron chi connectivity index (χ3n) is 8.71. The maximum atomic E-state index is 6.43. The summed E-state index contributed by atoms with van der Waals surface area (Å²) in [5.41, 5.74) is 12.4. The third-order valence-corrected chi connectivity index (χ3v) is 8.71. The monoisotopic (exact) mass is 589 g/mol. The highest BCUT2D eigenvalue weighted by Gasteiger charge is 2.17. The fourth-order valence-corrected chi connectivity index (χ4v) is 6.50. The summed E-state index contributed by atoms with van der Waals surface area (Å²) in [5.74, 6) is 0.601. The highest BCUT2D eigenvalue weighted by atomic mass is 16.3. The molecule has 0 saturated carbocycles. The number of aromatic nitrogens is 3. The molecule has 0 saturated heterocycles. The average molecular weight is 590 g/mol. The number of nitrogens with zero attached hydrogens (tertiary/aromatic N) is 3. The van der Waals surface area contributed by atoms with Gasteiger partial charge < -0.3 is 8.98 Å². The highest BCUT2D eigenvalue weighted by Crippen LogP contribution is 2.37. The van der Waals surface area contributed by atoms with Gasteiger partial charge in [-0.1, -0.05) is 109 Å². The van der Waals surface area contributed by atoms with Gasteiger partial charge in [-0.2, -0.15) is 0 Å². The van der Waals surface area contributed by atoms with Gasteiger partial charge in [0.25, 0.3) is 0 Å². The number of rotatable bonds is 5. The Morgan fingerprint density at radius 2 is 1.20 bits per heavy atom. The Morgan fingerprint density at radius 3 is 2.07 bits per heavy atom. The van der Waals surface area contributed by atoms with Crippen LogP contribution < -0.4 is 0 Å². The number of benzene rings is 6. The van der Waals surface area contributed by atoms with Crippen molar-refractivity contribution in [3.8, 4) is 50.7 Å². The molecule has 0 aliphatic heterocycles. The highest BCUT2D eigenvalue weighted by molar-refractivity contribution is 6.10. The quantitative estimate of drug-likeness (QED) is 0.201. The van der Waals surface area contributed by atoms with Crippen LogP contribution in [-0.2, 0) is 0 Å². The lowest BCUT2D eigenvalue weighted by atomic mass is 10.00. The van der Waals surface area contributed by atoms with E-state index in [4.69, 9.17) is 9.40 Å². The molecular weight excluding hydrogens is 562 g/mol. The van der Waals surface area contributed by atoms with Gasteiger partial charge in [-0.05, 0) is 65.2 Å². The Labute approximate surface area is 265 Å². The van der Waals surface area contributed by atoms with Crippen LogP contribution in [0.1, 0.15) is 0 Å². The average Bonchev–Trinajstić information content (AvgIpc) is 3.72. The lowest BCUT2D eigenvalue weighted by Gasteiger charge is -2.10. The first-order valence-corrected chi connectivity index (χ1v) is 15.4. The van der Waals surface area contributed by atoms with Crippen LogP contribution in [0.2, 0.25) is 0 Å². The van der Waals surface area contributed by atoms with Crippen LogP contribution >= 0.6 is 0 Å². The Hall–Kier alpha value is -6.26. The Kier molecular flexibility index (Phi) is 6.10. The predicted octanol–water partition coefficient (Wildman–Crippen LogP) is 11.0. The van der Waals surface area contributed by atoms with Gasteiger partial charge in [0.05, 0.1) is 16.7 Å². The van der Waals surface area contributed by atoms with Crippen LogP contribution in [0.25, 0.3) is 83.6 Å². The van der Waals surface area contributed by atoms with Crippen molar-refractivity contribution in [2.75, 3.05) is 0 Å². The van der Waals surface area contributed by atoms with Gasteiger partial charge >= 0.3 is 0 Å². The van der Waals surface area contributed by atoms with Crippen LogP contribution in [0.3, 0.4) is 0 Å². The molecule has 0 N–H and O–H groups in total. The fraction of sp³-hybridized carbons (Fsp3) is 0. The summed E-state index contributed by atoms with van der Waals surface area (Å²) < 4.78 is 8.75. The topological polar surface area (TPSA) is 43.9 Å². The molecular formula is C42H27N3O. The Balaban J connectivity index is 1.16. The van der Waals surface area contributed by atoms with Gasteiger partial charge in [0.2, 0.25) is 5.89 Å². The SMILES string of the molecule is c1ccc(-c2ccc(-c3cccc4oc(-c5ccc6c7ccccc7n(-c7cccc(-c8ccccn8)c7)c6c5)nc34)cc2)cc1. The molecule has 6 aromatic carbocycles. The van der Waals surface area contributed by atoms with Crippen LogP contribution in [0, 0.1) is 0 Å². The molecule has 0 aliphatic rings. The van der Waals surface area contributed by atoms with Crippen LogP contribution in [0.4, 0.5) is 0 Å². The number of hydrogen-bond donors (Lipinski definition) is 0. The standard InChI is InChI=1S/C42H27N3O/c1-2-10-28(11-3-1)29-19-21-30(22-20-29)34-15-9-18-40-41(34)44-42(46-40)32-23-24-36-35-14-4-5-17-38(35)45(39(36)27-32)33-13-8-12-31(26-33)37-16-6-7-25-43-37/h1-27H. The summed E-state index contributed by atoms with van der Waals surface area (Å²) in [5, 5.41) is 2.38. The molecule has 0 amide bonds. The first-order valence-electron chi connectivity index (χ1n) is 15.4. The van der Waals surface area contributed by atoms with Crippen molar-refractivity contribution in [2.45, 2.75) is 0 Å². The molecule has 4 nitrogen and oxygen atoms in total. The number of oxazole rings is 1. The first-order chi connectivity index (χ1) is 22.8. The summed E-state index contributed by atoms with van der Waals surface area (Å²) in [4.78, 5) is 9.66. The smallest absolute Gasteiger partial charge is 0.227 e. The van der Waals surface area contributed by atoms with Crippen LogP contribution in [-0.4, -0.2) is 14.5 Å². The molecule has 0 atom stereocenters. The molecule has 0 spiro atoms. The van der Waals surface area contributed by atoms with E-state index in [9.17, 15) is 0 Å². The molecule has 4 heteroatoms. The van der Waals surface area contributed by atoms with Crippen molar-refractivity contribution >= 4 is 32.9 Å². The molecule has 9 rings (SSSR count). The zero-order valence-electron chi connectivity index (χ0n) is 24.8. The van der Waals surface area contributed by atoms with Crippen molar-refractivity contribution in [1.82, 2.24) is 14.5 Å². The minimum Gasteiger partial charge on any atom is -0.436 e. The van der Waals surface area contributed by atoms with Gasteiger partial charge in [0.1, 0.15) is 5.52 Å². The van der Waals surface area contributed by atoms with E-state index in [1.54, 1.807) is 0 Å². The summed E-state index contributed by atoms with van der Waals surface area (Å²) >= 11 is 0. The Morgan fingerprint density at radius 1 is 0.478 bits per heavy atom. The minimum absolute atomic E-state index is 0.601. The van der Waals surface area contributed by atoms with Crippen molar-refractivity contribution in [3.63, 3.8) is 0 Å². The van der Waals surface area contributed by atoms with E-state index in [0.29, 0.717) is 5.89 Å². The number of fused-ring (bicyclic) bond motifs is 4. The zero-order chi connectivity index (χ0) is 30.5. The van der Waals surface area contributed by atoms with E-state index in [2.05, 4.69) is 131 Å². The number of hydrogen-bond acceptors (Lipinski definition) is 3. The normalized spacial score (nSPS) is 11.5. The van der Waals surface area contributed by atoms with Crippen molar-refractivity contribution in [3.05, 3.63) is 164 Å². The van der Waals surface area contributed by atoms with E-state index >= 15 is 0 Å². The fourth-order valence-electron chi connectivity index (χ4n) is 6.50. The van der Waals surface area contributed by atoms with Crippen LogP contribution in [0.5, 0.6) is 0 Å². The first kappa shape index (κ1) is 26.2. The molecule has 46 heavy (non-hydrogen) atoms. The van der Waals surface area contributed by atoms with Gasteiger partial charge in [0.15, 0.2) is 5.58 Å². The summed E-state index contributed by atoms with van der Waals surface area (Å²) in [7, 11) is 0. The predicted molar refractivity (Wildman–Crippen MR) is 188 cm³/mol. The van der Waals surface area contributed by atoms with Gasteiger partial charge in [0, 0.05) is 39.3 Å². The van der Waals surface area contributed by atoms with Gasteiger partial charge in [-0.3, -0.25) is 4.98 Å². The van der Waals surface area contributed by atoms with E-state index in [-0.39, 0.29) is 0 Å². The maximum Gasteiger partial charge on any atom is 0.227 e. The lowest BCUT2D eigenvalue weighted by molar-refractivity contribution is 0.620.